The quantitative estimate of drug-likeness (QED) is 0.586. The number of aromatic nitrogens is 2. The number of amides is 1. The van der Waals surface area contributed by atoms with Crippen LogP contribution in [-0.4, -0.2) is 29.0 Å². The van der Waals surface area contributed by atoms with Crippen LogP contribution in [0, 0.1) is 0 Å². The second kappa shape index (κ2) is 9.68. The van der Waals surface area contributed by atoms with Crippen LogP contribution in [0.1, 0.15) is 17.8 Å². The van der Waals surface area contributed by atoms with Gasteiger partial charge in [-0.1, -0.05) is 18.2 Å². The molecule has 26 heavy (non-hydrogen) atoms. The summed E-state index contributed by atoms with van der Waals surface area (Å²) in [4.78, 5) is 20.5. The third kappa shape index (κ3) is 5.67. The molecular weight excluding hydrogens is 346 g/mol. The highest BCUT2D eigenvalue weighted by Gasteiger charge is 2.06. The lowest BCUT2D eigenvalue weighted by atomic mass is 10.2. The van der Waals surface area contributed by atoms with Gasteiger partial charge in [-0.2, -0.15) is 0 Å². The Labute approximate surface area is 157 Å². The highest BCUT2D eigenvalue weighted by atomic mass is 32.1. The van der Waals surface area contributed by atoms with Crippen molar-refractivity contribution in [1.82, 2.24) is 15.3 Å². The number of ether oxygens (including phenoxy) is 1. The van der Waals surface area contributed by atoms with Crippen molar-refractivity contribution < 1.29 is 9.53 Å². The molecule has 0 aliphatic carbocycles. The summed E-state index contributed by atoms with van der Waals surface area (Å²) in [5.41, 5.74) is 2.02. The SMILES string of the molecule is O=C(CCCOc1ccccc1)NCCc1nc(-c2ccncc2)cs1. The number of hydrogen-bond donors (Lipinski definition) is 1. The van der Waals surface area contributed by atoms with Crippen LogP contribution in [0.5, 0.6) is 5.75 Å². The van der Waals surface area contributed by atoms with E-state index in [9.17, 15) is 4.79 Å². The van der Waals surface area contributed by atoms with E-state index >= 15 is 0 Å². The molecule has 0 saturated carbocycles. The predicted molar refractivity (Wildman–Crippen MR) is 103 cm³/mol. The van der Waals surface area contributed by atoms with Gasteiger partial charge in [0.2, 0.25) is 5.91 Å². The minimum absolute atomic E-state index is 0.0487. The lowest BCUT2D eigenvalue weighted by molar-refractivity contribution is -0.121. The van der Waals surface area contributed by atoms with E-state index in [1.807, 2.05) is 47.8 Å². The molecule has 0 fully saturated rings. The maximum Gasteiger partial charge on any atom is 0.220 e. The van der Waals surface area contributed by atoms with Gasteiger partial charge in [0.25, 0.3) is 0 Å². The Morgan fingerprint density at radius 3 is 2.73 bits per heavy atom. The van der Waals surface area contributed by atoms with E-state index in [1.54, 1.807) is 23.7 Å². The monoisotopic (exact) mass is 367 g/mol. The van der Waals surface area contributed by atoms with Crippen LogP contribution in [-0.2, 0) is 11.2 Å². The summed E-state index contributed by atoms with van der Waals surface area (Å²) in [7, 11) is 0. The molecule has 0 bridgehead atoms. The van der Waals surface area contributed by atoms with Gasteiger partial charge >= 0.3 is 0 Å². The summed E-state index contributed by atoms with van der Waals surface area (Å²) in [5.74, 6) is 0.884. The van der Waals surface area contributed by atoms with Gasteiger partial charge in [-0.15, -0.1) is 11.3 Å². The molecule has 1 aromatic carbocycles. The highest BCUT2D eigenvalue weighted by molar-refractivity contribution is 7.09. The average Bonchev–Trinajstić information content (AvgIpc) is 3.16. The standard InChI is InChI=1S/C20H21N3O2S/c24-19(7-4-14-25-17-5-2-1-3-6-17)22-13-10-20-23-18(15-26-20)16-8-11-21-12-9-16/h1-3,5-6,8-9,11-12,15H,4,7,10,13-14H2,(H,22,24). The van der Waals surface area contributed by atoms with Gasteiger partial charge < -0.3 is 10.1 Å². The van der Waals surface area contributed by atoms with Crippen LogP contribution >= 0.6 is 11.3 Å². The van der Waals surface area contributed by atoms with E-state index in [1.165, 1.54) is 0 Å². The molecule has 0 saturated heterocycles. The molecule has 3 aromatic rings. The smallest absolute Gasteiger partial charge is 0.220 e. The fourth-order valence-electron chi connectivity index (χ4n) is 2.42. The van der Waals surface area contributed by atoms with Crippen LogP contribution in [0.3, 0.4) is 0 Å². The van der Waals surface area contributed by atoms with Crippen molar-refractivity contribution >= 4 is 17.2 Å². The molecule has 0 radical (unpaired) electrons. The Morgan fingerprint density at radius 2 is 1.92 bits per heavy atom. The molecule has 3 rings (SSSR count). The summed E-state index contributed by atoms with van der Waals surface area (Å²) in [6, 6.07) is 13.5. The number of hydrogen-bond acceptors (Lipinski definition) is 5. The molecule has 1 amide bonds. The summed E-state index contributed by atoms with van der Waals surface area (Å²) in [6.07, 6.45) is 5.42. The summed E-state index contributed by atoms with van der Waals surface area (Å²) < 4.78 is 5.58. The Morgan fingerprint density at radius 1 is 1.12 bits per heavy atom. The molecule has 2 heterocycles. The van der Waals surface area contributed by atoms with Crippen LogP contribution < -0.4 is 10.1 Å². The number of para-hydroxylation sites is 1. The van der Waals surface area contributed by atoms with E-state index in [4.69, 9.17) is 4.74 Å². The van der Waals surface area contributed by atoms with Crippen molar-refractivity contribution in [2.45, 2.75) is 19.3 Å². The third-order valence-electron chi connectivity index (χ3n) is 3.75. The van der Waals surface area contributed by atoms with Crippen molar-refractivity contribution in [3.05, 3.63) is 65.2 Å². The van der Waals surface area contributed by atoms with Gasteiger partial charge in [0.05, 0.1) is 17.3 Å². The number of pyridine rings is 1. The lowest BCUT2D eigenvalue weighted by Gasteiger charge is -2.06. The predicted octanol–water partition coefficient (Wildman–Crippen LogP) is 3.72. The fourth-order valence-corrected chi connectivity index (χ4v) is 3.23. The molecule has 134 valence electrons. The number of nitrogens with zero attached hydrogens (tertiary/aromatic N) is 2. The summed E-state index contributed by atoms with van der Waals surface area (Å²) in [6.45, 7) is 1.14. The third-order valence-corrected chi connectivity index (χ3v) is 4.66. The Hall–Kier alpha value is -2.73. The Balaban J connectivity index is 1.32. The van der Waals surface area contributed by atoms with E-state index in [0.717, 1.165) is 28.4 Å². The molecule has 0 aliphatic heterocycles. The van der Waals surface area contributed by atoms with Gasteiger partial charge in [-0.05, 0) is 30.7 Å². The summed E-state index contributed by atoms with van der Waals surface area (Å²) >= 11 is 1.61. The van der Waals surface area contributed by atoms with E-state index in [0.29, 0.717) is 26.0 Å². The molecule has 0 unspecified atom stereocenters. The fraction of sp³-hybridized carbons (Fsp3) is 0.250. The van der Waals surface area contributed by atoms with Crippen molar-refractivity contribution in [2.24, 2.45) is 0 Å². The van der Waals surface area contributed by atoms with Crippen LogP contribution in [0.2, 0.25) is 0 Å². The van der Waals surface area contributed by atoms with Crippen molar-refractivity contribution in [3.8, 4) is 17.0 Å². The van der Waals surface area contributed by atoms with Crippen molar-refractivity contribution in [3.63, 3.8) is 0 Å². The average molecular weight is 367 g/mol. The maximum atomic E-state index is 11.9. The summed E-state index contributed by atoms with van der Waals surface area (Å²) in [5, 5.41) is 5.99. The number of carbonyl (C=O) groups excluding carboxylic acids is 1. The van der Waals surface area contributed by atoms with Gasteiger partial charge in [-0.25, -0.2) is 4.98 Å². The number of benzene rings is 1. The van der Waals surface area contributed by atoms with Gasteiger partial charge in [0.1, 0.15) is 5.75 Å². The highest BCUT2D eigenvalue weighted by Crippen LogP contribution is 2.21. The Bertz CT molecular complexity index is 806. The first-order valence-corrected chi connectivity index (χ1v) is 9.48. The molecule has 6 heteroatoms. The molecule has 0 atom stereocenters. The van der Waals surface area contributed by atoms with Crippen molar-refractivity contribution in [1.29, 1.82) is 0 Å². The molecular formula is C20H21N3O2S. The van der Waals surface area contributed by atoms with Gasteiger partial charge in [0, 0.05) is 42.7 Å². The number of rotatable bonds is 9. The molecule has 5 nitrogen and oxygen atoms in total. The lowest BCUT2D eigenvalue weighted by Crippen LogP contribution is -2.25. The van der Waals surface area contributed by atoms with Crippen molar-refractivity contribution in [2.75, 3.05) is 13.2 Å². The van der Waals surface area contributed by atoms with Gasteiger partial charge in [-0.3, -0.25) is 9.78 Å². The number of carbonyl (C=O) groups is 1. The first-order chi connectivity index (χ1) is 12.8. The van der Waals surface area contributed by atoms with Crippen LogP contribution in [0.15, 0.2) is 60.2 Å². The van der Waals surface area contributed by atoms with Gasteiger partial charge in [0.15, 0.2) is 0 Å². The Kier molecular flexibility index (Phi) is 6.73. The maximum absolute atomic E-state index is 11.9. The zero-order valence-electron chi connectivity index (χ0n) is 14.4. The van der Waals surface area contributed by atoms with E-state index in [2.05, 4.69) is 15.3 Å². The molecule has 0 spiro atoms. The first-order valence-electron chi connectivity index (χ1n) is 8.60. The minimum atomic E-state index is 0.0487. The first kappa shape index (κ1) is 18.1. The number of nitrogens with one attached hydrogen (secondary N) is 1. The van der Waals surface area contributed by atoms with Crippen LogP contribution in [0.25, 0.3) is 11.3 Å². The second-order valence-electron chi connectivity index (χ2n) is 5.73. The largest absolute Gasteiger partial charge is 0.494 e. The molecule has 1 N–H and O–H groups in total. The van der Waals surface area contributed by atoms with E-state index < -0.39 is 0 Å². The van der Waals surface area contributed by atoms with Crippen LogP contribution in [0.4, 0.5) is 0 Å². The normalized spacial score (nSPS) is 10.5. The zero-order chi connectivity index (χ0) is 18.0. The molecule has 2 aromatic heterocycles. The topological polar surface area (TPSA) is 64.1 Å². The van der Waals surface area contributed by atoms with E-state index in [-0.39, 0.29) is 5.91 Å². The number of thiazole rings is 1. The second-order valence-corrected chi connectivity index (χ2v) is 6.67. The zero-order valence-corrected chi connectivity index (χ0v) is 15.2. The minimum Gasteiger partial charge on any atom is -0.494 e. The molecule has 0 aliphatic rings.